The lowest BCUT2D eigenvalue weighted by molar-refractivity contribution is -0.0235. The minimum atomic E-state index is -0.942. The first kappa shape index (κ1) is 6.73. The zero-order chi connectivity index (χ0) is 7.02. The maximum absolute atomic E-state index is 8.96. The summed E-state index contributed by atoms with van der Waals surface area (Å²) in [5.74, 6) is 0. The van der Waals surface area contributed by atoms with Crippen LogP contribution in [0.25, 0.3) is 0 Å². The topological polar surface area (TPSA) is 55.7 Å². The molecule has 0 aromatic carbocycles. The Morgan fingerprint density at radius 2 is 2.22 bits per heavy atom. The van der Waals surface area contributed by atoms with Gasteiger partial charge in [0.05, 0.1) is 0 Å². The highest BCUT2D eigenvalue weighted by Crippen LogP contribution is 2.05. The van der Waals surface area contributed by atoms with Crippen LogP contribution in [-0.2, 0) is 0 Å². The summed E-state index contributed by atoms with van der Waals surface area (Å²) in [7, 11) is 1.61. The fourth-order valence-electron chi connectivity index (χ4n) is 0.635. The summed E-state index contributed by atoms with van der Waals surface area (Å²) in [6, 6.07) is 0. The van der Waals surface area contributed by atoms with Crippen LogP contribution in [0.3, 0.4) is 0 Å². The summed E-state index contributed by atoms with van der Waals surface area (Å²) in [6.45, 7) is 0. The first-order valence-corrected chi connectivity index (χ1v) is 2.93. The van der Waals surface area contributed by atoms with Crippen LogP contribution in [0.15, 0.2) is 0 Å². The number of nitrogens with one attached hydrogen (secondary N) is 1. The molecule has 2 unspecified atom stereocenters. The lowest BCUT2D eigenvalue weighted by atomic mass is 10.5. The van der Waals surface area contributed by atoms with Gasteiger partial charge in [-0.05, 0) is 12.2 Å². The van der Waals surface area contributed by atoms with Crippen LogP contribution in [0.4, 0.5) is 0 Å². The number of rotatable bonds is 0. The molecule has 0 aliphatic carbocycles. The average molecular weight is 148 g/mol. The molecule has 0 amide bonds. The molecular weight excluding hydrogens is 140 g/mol. The first-order chi connectivity index (χ1) is 4.13. The minimum Gasteiger partial charge on any atom is -0.369 e. The molecule has 1 saturated heterocycles. The monoisotopic (exact) mass is 148 g/mol. The molecule has 3 N–H and O–H groups in total. The summed E-state index contributed by atoms with van der Waals surface area (Å²) < 4.78 is 0. The maximum atomic E-state index is 8.96. The SMILES string of the molecule is CN1C(=S)NC(O)C1O. The molecule has 1 rings (SSSR count). The molecule has 0 radical (unpaired) electrons. The van der Waals surface area contributed by atoms with E-state index >= 15 is 0 Å². The molecule has 0 aromatic heterocycles. The largest absolute Gasteiger partial charge is 0.369 e. The second-order valence-electron chi connectivity index (χ2n) is 1.92. The molecule has 1 heterocycles. The van der Waals surface area contributed by atoms with Crippen molar-refractivity contribution in [1.29, 1.82) is 0 Å². The van der Waals surface area contributed by atoms with Crippen molar-refractivity contribution in [2.24, 2.45) is 0 Å². The van der Waals surface area contributed by atoms with Gasteiger partial charge in [-0.2, -0.15) is 0 Å². The van der Waals surface area contributed by atoms with Crippen LogP contribution in [-0.4, -0.2) is 39.7 Å². The summed E-state index contributed by atoms with van der Waals surface area (Å²) in [5.41, 5.74) is 0. The number of hydrogen-bond acceptors (Lipinski definition) is 3. The molecule has 1 aliphatic heterocycles. The normalized spacial score (nSPS) is 35.0. The molecule has 0 saturated carbocycles. The molecule has 1 fully saturated rings. The molecule has 0 bridgehead atoms. The molecule has 4 nitrogen and oxygen atoms in total. The lowest BCUT2D eigenvalue weighted by Crippen LogP contribution is -2.33. The summed E-state index contributed by atoms with van der Waals surface area (Å²) >= 11 is 4.69. The van der Waals surface area contributed by atoms with Crippen molar-refractivity contribution >= 4 is 17.3 Å². The van der Waals surface area contributed by atoms with Crippen molar-refractivity contribution in [2.45, 2.75) is 12.5 Å². The smallest absolute Gasteiger partial charge is 0.173 e. The minimum absolute atomic E-state index is 0.370. The van der Waals surface area contributed by atoms with Gasteiger partial charge in [0.2, 0.25) is 0 Å². The highest BCUT2D eigenvalue weighted by atomic mass is 32.1. The third-order valence-corrected chi connectivity index (χ3v) is 1.68. The number of thiocarbonyl (C=S) groups is 1. The standard InChI is InChI=1S/C4H8N2O2S/c1-6-3(8)2(7)5-4(6)9/h2-3,7-8H,1H3,(H,5,9). The predicted molar refractivity (Wildman–Crippen MR) is 35.5 cm³/mol. The third kappa shape index (κ3) is 0.983. The van der Waals surface area contributed by atoms with E-state index in [4.69, 9.17) is 22.4 Å². The number of aliphatic hydroxyl groups is 2. The number of hydrogen-bond donors (Lipinski definition) is 3. The van der Waals surface area contributed by atoms with Gasteiger partial charge in [0.1, 0.15) is 0 Å². The van der Waals surface area contributed by atoms with Crippen LogP contribution in [0, 0.1) is 0 Å². The van der Waals surface area contributed by atoms with E-state index in [1.807, 2.05) is 0 Å². The van der Waals surface area contributed by atoms with Crippen LogP contribution in [0.5, 0.6) is 0 Å². The van der Waals surface area contributed by atoms with Gasteiger partial charge in [0.25, 0.3) is 0 Å². The molecule has 1 aliphatic rings. The van der Waals surface area contributed by atoms with Gasteiger partial charge < -0.3 is 20.4 Å². The van der Waals surface area contributed by atoms with Crippen LogP contribution in [0.2, 0.25) is 0 Å². The van der Waals surface area contributed by atoms with Crippen molar-refractivity contribution in [3.63, 3.8) is 0 Å². The molecule has 0 aromatic rings. The fourth-order valence-corrected chi connectivity index (χ4v) is 0.864. The first-order valence-electron chi connectivity index (χ1n) is 2.52. The Labute approximate surface area is 58.1 Å². The van der Waals surface area contributed by atoms with E-state index in [1.54, 1.807) is 7.05 Å². The Bertz CT molecular complexity index is 141. The van der Waals surface area contributed by atoms with Crippen molar-refractivity contribution in [3.8, 4) is 0 Å². The molecule has 5 heteroatoms. The average Bonchev–Trinajstić information content (AvgIpc) is 1.98. The van der Waals surface area contributed by atoms with Crippen LogP contribution in [0.1, 0.15) is 0 Å². The van der Waals surface area contributed by atoms with Gasteiger partial charge >= 0.3 is 0 Å². The van der Waals surface area contributed by atoms with Gasteiger partial charge in [0, 0.05) is 7.05 Å². The second kappa shape index (κ2) is 2.09. The van der Waals surface area contributed by atoms with E-state index in [1.165, 1.54) is 4.90 Å². The van der Waals surface area contributed by atoms with E-state index in [2.05, 4.69) is 5.32 Å². The predicted octanol–water partition coefficient (Wildman–Crippen LogP) is -1.56. The van der Waals surface area contributed by atoms with E-state index in [-0.39, 0.29) is 0 Å². The Kier molecular flexibility index (Phi) is 1.56. The Morgan fingerprint density at radius 3 is 2.33 bits per heavy atom. The van der Waals surface area contributed by atoms with E-state index < -0.39 is 12.5 Å². The van der Waals surface area contributed by atoms with Gasteiger partial charge in [-0.1, -0.05) is 0 Å². The Hall–Kier alpha value is -0.390. The Balaban J connectivity index is 2.65. The summed E-state index contributed by atoms with van der Waals surface area (Å²) in [6.07, 6.45) is -1.85. The molecule has 2 atom stereocenters. The zero-order valence-corrected chi connectivity index (χ0v) is 5.72. The summed E-state index contributed by atoms with van der Waals surface area (Å²) in [5, 5.41) is 20.7. The highest BCUT2D eigenvalue weighted by molar-refractivity contribution is 7.80. The van der Waals surface area contributed by atoms with Crippen molar-refractivity contribution in [1.82, 2.24) is 10.2 Å². The second-order valence-corrected chi connectivity index (χ2v) is 2.31. The van der Waals surface area contributed by atoms with Crippen molar-refractivity contribution < 1.29 is 10.2 Å². The lowest BCUT2D eigenvalue weighted by Gasteiger charge is -2.13. The van der Waals surface area contributed by atoms with Gasteiger partial charge in [-0.3, -0.25) is 0 Å². The molecule has 0 spiro atoms. The van der Waals surface area contributed by atoms with Crippen LogP contribution < -0.4 is 5.32 Å². The molecule has 52 valence electrons. The fraction of sp³-hybridized carbons (Fsp3) is 0.750. The van der Waals surface area contributed by atoms with Crippen LogP contribution >= 0.6 is 12.2 Å². The van der Waals surface area contributed by atoms with Gasteiger partial charge in [0.15, 0.2) is 17.6 Å². The maximum Gasteiger partial charge on any atom is 0.173 e. The van der Waals surface area contributed by atoms with Gasteiger partial charge in [-0.15, -0.1) is 0 Å². The molecular formula is C4H8N2O2S. The third-order valence-electron chi connectivity index (χ3n) is 1.27. The van der Waals surface area contributed by atoms with Gasteiger partial charge in [-0.25, -0.2) is 0 Å². The highest BCUT2D eigenvalue weighted by Gasteiger charge is 2.30. The zero-order valence-electron chi connectivity index (χ0n) is 4.90. The number of nitrogens with zero attached hydrogens (tertiary/aromatic N) is 1. The number of aliphatic hydroxyl groups excluding tert-OH is 2. The number of likely N-dealkylation sites (N-methyl/N-ethyl adjacent to an activating group) is 1. The van der Waals surface area contributed by atoms with E-state index in [0.29, 0.717) is 5.11 Å². The Morgan fingerprint density at radius 1 is 1.67 bits per heavy atom. The summed E-state index contributed by atoms with van der Waals surface area (Å²) in [4.78, 5) is 1.39. The van der Waals surface area contributed by atoms with E-state index in [9.17, 15) is 0 Å². The molecule has 9 heavy (non-hydrogen) atoms. The van der Waals surface area contributed by atoms with Crippen molar-refractivity contribution in [2.75, 3.05) is 7.05 Å². The quantitative estimate of drug-likeness (QED) is 0.363. The van der Waals surface area contributed by atoms with Crippen molar-refractivity contribution in [3.05, 3.63) is 0 Å². The van der Waals surface area contributed by atoms with E-state index in [0.717, 1.165) is 0 Å².